The summed E-state index contributed by atoms with van der Waals surface area (Å²) in [7, 11) is 0. The van der Waals surface area contributed by atoms with Crippen LogP contribution in [0.2, 0.25) is 0 Å². The lowest BCUT2D eigenvalue weighted by Crippen LogP contribution is -2.01. The molecule has 0 aliphatic rings. The van der Waals surface area contributed by atoms with Crippen LogP contribution in [0.15, 0.2) is 191 Å². The number of hydrogen-bond acceptors (Lipinski definition) is 6. The van der Waals surface area contributed by atoms with E-state index >= 15 is 0 Å². The molecule has 0 N–H and O–H groups in total. The summed E-state index contributed by atoms with van der Waals surface area (Å²) in [6, 6.07) is 58.7. The van der Waals surface area contributed by atoms with Gasteiger partial charge in [-0.1, -0.05) is 140 Å². The van der Waals surface area contributed by atoms with Crippen LogP contribution in [-0.4, -0.2) is 19.9 Å². The van der Waals surface area contributed by atoms with E-state index in [1.54, 1.807) is 6.20 Å². The van der Waals surface area contributed by atoms with Crippen molar-refractivity contribution >= 4 is 65.4 Å². The molecule has 12 aromatic rings. The number of pyridine rings is 1. The molecule has 0 unspecified atom stereocenters. The Labute approximate surface area is 331 Å². The van der Waals surface area contributed by atoms with Gasteiger partial charge in [0, 0.05) is 50.6 Å². The highest BCUT2D eigenvalue weighted by Gasteiger charge is 2.21. The Kier molecular flexibility index (Phi) is 7.13. The maximum absolute atomic E-state index is 6.29. The maximum atomic E-state index is 6.29. The van der Waals surface area contributed by atoms with E-state index in [0.29, 0.717) is 17.5 Å². The summed E-state index contributed by atoms with van der Waals surface area (Å²) in [5, 5.41) is 8.60. The molecule has 12 rings (SSSR count). The number of benzene rings is 8. The minimum Gasteiger partial charge on any atom is -0.456 e. The van der Waals surface area contributed by atoms with Gasteiger partial charge in [-0.2, -0.15) is 0 Å². The minimum atomic E-state index is 0.566. The largest absolute Gasteiger partial charge is 0.456 e. The van der Waals surface area contributed by atoms with Gasteiger partial charge in [0.15, 0.2) is 17.5 Å². The maximum Gasteiger partial charge on any atom is 0.164 e. The molecule has 0 saturated heterocycles. The Hall–Kier alpha value is -7.96. The van der Waals surface area contributed by atoms with Crippen LogP contribution in [0.1, 0.15) is 0 Å². The van der Waals surface area contributed by atoms with Crippen LogP contribution in [-0.2, 0) is 0 Å². The van der Waals surface area contributed by atoms with Crippen LogP contribution in [0, 0.1) is 0 Å². The molecule has 0 atom stereocenters. The molecule has 4 heterocycles. The Balaban J connectivity index is 1.06. The smallest absolute Gasteiger partial charge is 0.164 e. The monoisotopic (exact) mass is 742 g/mol. The van der Waals surface area contributed by atoms with Crippen molar-refractivity contribution in [3.05, 3.63) is 182 Å². The van der Waals surface area contributed by atoms with E-state index in [2.05, 4.69) is 108 Å². The topological polar surface area (TPSA) is 77.8 Å². The Bertz CT molecular complexity index is 3590. The van der Waals surface area contributed by atoms with Crippen LogP contribution in [0.3, 0.4) is 0 Å². The highest BCUT2D eigenvalue weighted by atomic mass is 16.3. The average molecular weight is 743 g/mol. The van der Waals surface area contributed by atoms with Crippen molar-refractivity contribution in [1.82, 2.24) is 19.9 Å². The van der Waals surface area contributed by atoms with E-state index in [1.807, 2.05) is 72.9 Å². The van der Waals surface area contributed by atoms with Gasteiger partial charge >= 0.3 is 0 Å². The second-order valence-electron chi connectivity index (χ2n) is 14.5. The summed E-state index contributed by atoms with van der Waals surface area (Å²) < 4.78 is 12.5. The number of hydrogen-bond donors (Lipinski definition) is 0. The van der Waals surface area contributed by atoms with Crippen molar-refractivity contribution < 1.29 is 8.83 Å². The molecule has 8 aromatic carbocycles. The zero-order valence-electron chi connectivity index (χ0n) is 30.9. The molecule has 0 spiro atoms. The first-order valence-corrected chi connectivity index (χ1v) is 19.3. The first kappa shape index (κ1) is 32.3. The number of nitrogens with zero attached hydrogens (tertiary/aromatic N) is 4. The predicted octanol–water partition coefficient (Wildman–Crippen LogP) is 13.7. The van der Waals surface area contributed by atoms with Crippen molar-refractivity contribution in [2.75, 3.05) is 0 Å². The fourth-order valence-corrected chi connectivity index (χ4v) is 8.69. The van der Waals surface area contributed by atoms with Gasteiger partial charge in [-0.3, -0.25) is 4.98 Å². The SMILES string of the molecule is c1ccc(-c2nc(-c3ccc(-c4ccc(-c5cccc6oc7ccccc7c56)c5ccccc45)c4ccccc34)nc(-c3cccc4oc5ccncc5c34)n2)cc1. The lowest BCUT2D eigenvalue weighted by molar-refractivity contribution is 0.668. The molecule has 58 heavy (non-hydrogen) atoms. The first-order valence-electron chi connectivity index (χ1n) is 19.3. The molecule has 0 aliphatic carbocycles. The van der Waals surface area contributed by atoms with Crippen molar-refractivity contribution in [2.24, 2.45) is 0 Å². The van der Waals surface area contributed by atoms with Gasteiger partial charge in [-0.15, -0.1) is 0 Å². The van der Waals surface area contributed by atoms with E-state index in [4.69, 9.17) is 23.8 Å². The zero-order valence-corrected chi connectivity index (χ0v) is 30.9. The van der Waals surface area contributed by atoms with Gasteiger partial charge in [0.05, 0.1) is 0 Å². The summed E-state index contributed by atoms with van der Waals surface area (Å²) in [5.74, 6) is 1.75. The Morgan fingerprint density at radius 2 is 0.759 bits per heavy atom. The van der Waals surface area contributed by atoms with Crippen LogP contribution in [0.25, 0.3) is 122 Å². The highest BCUT2D eigenvalue weighted by molar-refractivity contribution is 6.18. The fourth-order valence-electron chi connectivity index (χ4n) is 8.69. The molecular formula is C52H30N4O2. The van der Waals surface area contributed by atoms with Gasteiger partial charge in [-0.05, 0) is 74.1 Å². The quantitative estimate of drug-likeness (QED) is 0.175. The van der Waals surface area contributed by atoms with Crippen molar-refractivity contribution in [3.8, 4) is 56.4 Å². The zero-order chi connectivity index (χ0) is 38.2. The summed E-state index contributed by atoms with van der Waals surface area (Å²) in [6.07, 6.45) is 3.58. The molecule has 0 fully saturated rings. The normalized spacial score (nSPS) is 11.8. The number of rotatable bonds is 5. The molecule has 6 heteroatoms. The molecule has 4 aromatic heterocycles. The fraction of sp³-hybridized carbons (Fsp3) is 0. The second kappa shape index (κ2) is 12.8. The number of aromatic nitrogens is 4. The third-order valence-corrected chi connectivity index (χ3v) is 11.3. The van der Waals surface area contributed by atoms with Gasteiger partial charge in [0.1, 0.15) is 22.3 Å². The highest BCUT2D eigenvalue weighted by Crippen LogP contribution is 2.44. The van der Waals surface area contributed by atoms with Gasteiger partial charge in [-0.25, -0.2) is 15.0 Å². The van der Waals surface area contributed by atoms with Crippen LogP contribution < -0.4 is 0 Å². The van der Waals surface area contributed by atoms with E-state index in [-0.39, 0.29) is 0 Å². The molecule has 0 aliphatic heterocycles. The molecule has 270 valence electrons. The summed E-state index contributed by atoms with van der Waals surface area (Å²) in [6.45, 7) is 0. The van der Waals surface area contributed by atoms with Crippen molar-refractivity contribution in [2.45, 2.75) is 0 Å². The molecule has 0 bridgehead atoms. The van der Waals surface area contributed by atoms with Gasteiger partial charge in [0.2, 0.25) is 0 Å². The summed E-state index contributed by atoms with van der Waals surface area (Å²) in [5.41, 5.74) is 10.6. The van der Waals surface area contributed by atoms with E-state index in [9.17, 15) is 0 Å². The average Bonchev–Trinajstić information content (AvgIpc) is 3.87. The molecule has 6 nitrogen and oxygen atoms in total. The molecule has 0 saturated carbocycles. The second-order valence-corrected chi connectivity index (χ2v) is 14.5. The minimum absolute atomic E-state index is 0.566. The molecule has 0 radical (unpaired) electrons. The van der Waals surface area contributed by atoms with Crippen LogP contribution >= 0.6 is 0 Å². The summed E-state index contributed by atoms with van der Waals surface area (Å²) in [4.78, 5) is 19.9. The Morgan fingerprint density at radius 1 is 0.293 bits per heavy atom. The summed E-state index contributed by atoms with van der Waals surface area (Å²) >= 11 is 0. The van der Waals surface area contributed by atoms with E-state index < -0.39 is 0 Å². The van der Waals surface area contributed by atoms with Crippen LogP contribution in [0.5, 0.6) is 0 Å². The number of para-hydroxylation sites is 1. The molecule has 0 amide bonds. The van der Waals surface area contributed by atoms with Gasteiger partial charge < -0.3 is 8.83 Å². The third-order valence-electron chi connectivity index (χ3n) is 11.3. The van der Waals surface area contributed by atoms with Crippen molar-refractivity contribution in [3.63, 3.8) is 0 Å². The van der Waals surface area contributed by atoms with Crippen molar-refractivity contribution in [1.29, 1.82) is 0 Å². The Morgan fingerprint density at radius 3 is 1.43 bits per heavy atom. The predicted molar refractivity (Wildman–Crippen MR) is 234 cm³/mol. The molecular weight excluding hydrogens is 713 g/mol. The standard InChI is InChI=1S/C52H30N4O2/c1-2-12-31(13-3-1)50-54-51(56-52(55-50)42-20-11-23-47-49(42)43-30-53-29-28-45(43)58-47)40-27-26-37(34-16-6-7-17-35(34)40)36-24-25-38(33-15-5-4-14-32(33)36)39-19-10-22-46-48(39)41-18-8-9-21-44(41)57-46/h1-30H. The lowest BCUT2D eigenvalue weighted by atomic mass is 9.88. The number of furan rings is 2. The van der Waals surface area contributed by atoms with E-state index in [0.717, 1.165) is 88.0 Å². The van der Waals surface area contributed by atoms with E-state index in [1.165, 1.54) is 16.3 Å². The lowest BCUT2D eigenvalue weighted by Gasteiger charge is -2.16. The first-order chi connectivity index (χ1) is 28.8. The third kappa shape index (κ3) is 4.98. The number of fused-ring (bicyclic) bond motifs is 8. The van der Waals surface area contributed by atoms with Gasteiger partial charge in [0.25, 0.3) is 0 Å². The van der Waals surface area contributed by atoms with Crippen LogP contribution in [0.4, 0.5) is 0 Å².